The first kappa shape index (κ1) is 17.7. The molecule has 0 spiro atoms. The quantitative estimate of drug-likeness (QED) is 0.478. The fraction of sp³-hybridized carbons (Fsp3) is 0.130. The van der Waals surface area contributed by atoms with Gasteiger partial charge < -0.3 is 0 Å². The van der Waals surface area contributed by atoms with Gasteiger partial charge in [-0.2, -0.15) is 0 Å². The van der Waals surface area contributed by atoms with E-state index in [1.807, 2.05) is 53.3 Å². The molecule has 0 aromatic heterocycles. The van der Waals surface area contributed by atoms with Crippen molar-refractivity contribution in [1.82, 2.24) is 9.80 Å². The molecule has 1 aliphatic heterocycles. The van der Waals surface area contributed by atoms with Crippen LogP contribution >= 0.6 is 0 Å². The maximum atomic E-state index is 13.0. The Balaban J connectivity index is 1.58. The molecule has 1 fully saturated rings. The average molecular weight is 419 g/mol. The van der Waals surface area contributed by atoms with Gasteiger partial charge in [-0.15, -0.1) is 0 Å². The van der Waals surface area contributed by atoms with Gasteiger partial charge in [0.05, 0.1) is 0 Å². The molecule has 0 atom stereocenters. The first-order valence-corrected chi connectivity index (χ1v) is 9.83. The van der Waals surface area contributed by atoms with Crippen LogP contribution in [-0.2, 0) is 11.2 Å². The number of hydrogen-bond donors (Lipinski definition) is 0. The van der Waals surface area contributed by atoms with E-state index in [0.717, 1.165) is 16.6 Å². The van der Waals surface area contributed by atoms with Crippen molar-refractivity contribution in [2.24, 2.45) is 0 Å². The summed E-state index contributed by atoms with van der Waals surface area (Å²) in [6, 6.07) is 24.8. The molecule has 4 rings (SSSR count). The van der Waals surface area contributed by atoms with Gasteiger partial charge in [0.1, 0.15) is 0 Å². The summed E-state index contributed by atoms with van der Waals surface area (Å²) in [6.07, 6.45) is 2.80. The summed E-state index contributed by atoms with van der Waals surface area (Å²) in [5.74, 6) is 0.0374. The molecule has 0 bridgehead atoms. The van der Waals surface area contributed by atoms with Gasteiger partial charge in [-0.05, 0) is 0 Å². The number of fused-ring (bicyclic) bond motifs is 1. The number of rotatable bonds is 4. The van der Waals surface area contributed by atoms with E-state index in [0.29, 0.717) is 12.2 Å². The van der Waals surface area contributed by atoms with E-state index in [1.54, 1.807) is 0 Å². The molecule has 0 saturated carbocycles. The van der Waals surface area contributed by atoms with Crippen molar-refractivity contribution in [1.29, 1.82) is 0 Å². The molecule has 3 aromatic carbocycles. The Morgan fingerprint density at radius 1 is 0.926 bits per heavy atom. The topological polar surface area (TPSA) is 23.6 Å². The number of carbonyl (C=O) groups is 1. The number of benzene rings is 3. The van der Waals surface area contributed by atoms with E-state index < -0.39 is 0 Å². The van der Waals surface area contributed by atoms with Crippen molar-refractivity contribution < 1.29 is 4.79 Å². The number of nitrogens with zero attached hydrogens (tertiary/aromatic N) is 2. The number of amides is 1. The van der Waals surface area contributed by atoms with Crippen LogP contribution in [0, 0.1) is 0 Å². The van der Waals surface area contributed by atoms with E-state index in [4.69, 9.17) is 0 Å². The summed E-state index contributed by atoms with van der Waals surface area (Å²) < 4.78 is 0.850. The molecule has 27 heavy (non-hydrogen) atoms. The first-order chi connectivity index (χ1) is 13.1. The predicted molar refractivity (Wildman–Crippen MR) is 112 cm³/mol. The number of likely N-dealkylation sites (N-methyl/N-ethyl adjacent to an activating group) is 1. The minimum atomic E-state index is 0.0374. The molecule has 3 nitrogen and oxygen atoms in total. The zero-order chi connectivity index (χ0) is 18.8. The maximum absolute atomic E-state index is 13.0. The van der Waals surface area contributed by atoms with E-state index in [-0.39, 0.29) is 5.91 Å². The molecular weight excluding hydrogens is 399 g/mol. The van der Waals surface area contributed by atoms with Crippen LogP contribution in [0.4, 0.5) is 0 Å². The predicted octanol–water partition coefficient (Wildman–Crippen LogP) is 3.45. The van der Waals surface area contributed by atoms with Crippen LogP contribution in [0.5, 0.6) is 0 Å². The van der Waals surface area contributed by atoms with Crippen LogP contribution in [0.25, 0.3) is 16.8 Å². The molecular formula is C23H20N2OSe. The molecule has 1 saturated heterocycles. The van der Waals surface area contributed by atoms with Crippen molar-refractivity contribution >= 4 is 43.0 Å². The Hall–Kier alpha value is -2.68. The summed E-state index contributed by atoms with van der Waals surface area (Å²) in [6.45, 7) is 0.657. The zero-order valence-corrected chi connectivity index (χ0v) is 16.8. The standard InChI is InChI=1S/C23H20N2OSe/c1-24-21(16-18-11-12-19-9-5-6-10-20(19)15-18)22(26)25(23(24)27)14-13-17-7-3-2-4-8-17/h2-12,15-16H,13-14H2,1H3. The second-order valence-electron chi connectivity index (χ2n) is 6.67. The van der Waals surface area contributed by atoms with Gasteiger partial charge in [-0.1, -0.05) is 0 Å². The Morgan fingerprint density at radius 3 is 2.41 bits per heavy atom. The number of carbonyl (C=O) groups excluding carboxylic acids is 1. The van der Waals surface area contributed by atoms with E-state index in [1.165, 1.54) is 16.3 Å². The van der Waals surface area contributed by atoms with Crippen LogP contribution < -0.4 is 0 Å². The Morgan fingerprint density at radius 2 is 1.63 bits per heavy atom. The van der Waals surface area contributed by atoms with Crippen LogP contribution in [0.1, 0.15) is 11.1 Å². The molecule has 0 unspecified atom stereocenters. The van der Waals surface area contributed by atoms with Gasteiger partial charge in [0.25, 0.3) is 0 Å². The number of hydrogen-bond acceptors (Lipinski definition) is 2. The van der Waals surface area contributed by atoms with Gasteiger partial charge in [0.15, 0.2) is 0 Å². The summed E-state index contributed by atoms with van der Waals surface area (Å²) in [4.78, 5) is 16.7. The summed E-state index contributed by atoms with van der Waals surface area (Å²) >= 11 is 3.06. The van der Waals surface area contributed by atoms with Crippen LogP contribution in [-0.4, -0.2) is 49.5 Å². The fourth-order valence-corrected chi connectivity index (χ4v) is 3.92. The third-order valence-corrected chi connectivity index (χ3v) is 5.92. The molecule has 1 heterocycles. The van der Waals surface area contributed by atoms with Crippen LogP contribution in [0.15, 0.2) is 78.5 Å². The van der Waals surface area contributed by atoms with Gasteiger partial charge in [-0.3, -0.25) is 0 Å². The molecule has 4 heteroatoms. The second kappa shape index (κ2) is 7.51. The summed E-state index contributed by atoms with van der Waals surface area (Å²) in [5, 5.41) is 2.37. The normalized spacial score (nSPS) is 16.0. The second-order valence-corrected chi connectivity index (χ2v) is 7.44. The SMILES string of the molecule is CN1C(=[Se])N(CCc2ccccc2)C(=O)C1=Cc1ccc2ccccc2c1. The molecule has 1 aliphatic rings. The molecule has 0 aliphatic carbocycles. The van der Waals surface area contributed by atoms with E-state index in [2.05, 4.69) is 58.0 Å². The Labute approximate surface area is 167 Å². The summed E-state index contributed by atoms with van der Waals surface area (Å²) in [7, 11) is 1.93. The monoisotopic (exact) mass is 420 g/mol. The minimum absolute atomic E-state index is 0.0374. The Kier molecular flexibility index (Phi) is 4.93. The van der Waals surface area contributed by atoms with Gasteiger partial charge in [0, 0.05) is 0 Å². The fourth-order valence-electron chi connectivity index (χ4n) is 3.35. The van der Waals surface area contributed by atoms with E-state index >= 15 is 0 Å². The van der Waals surface area contributed by atoms with Crippen molar-refractivity contribution in [2.45, 2.75) is 6.42 Å². The van der Waals surface area contributed by atoms with Crippen molar-refractivity contribution in [2.75, 3.05) is 13.6 Å². The summed E-state index contributed by atoms with van der Waals surface area (Å²) in [5.41, 5.74) is 2.95. The van der Waals surface area contributed by atoms with Crippen molar-refractivity contribution in [3.05, 3.63) is 89.6 Å². The first-order valence-electron chi connectivity index (χ1n) is 8.97. The van der Waals surface area contributed by atoms with Gasteiger partial charge >= 0.3 is 167 Å². The van der Waals surface area contributed by atoms with Crippen LogP contribution in [0.3, 0.4) is 0 Å². The molecule has 0 N–H and O–H groups in total. The average Bonchev–Trinajstić information content (AvgIpc) is 2.90. The van der Waals surface area contributed by atoms with Gasteiger partial charge in [0.2, 0.25) is 0 Å². The van der Waals surface area contributed by atoms with Gasteiger partial charge in [-0.25, -0.2) is 0 Å². The molecule has 134 valence electrons. The van der Waals surface area contributed by atoms with E-state index in [9.17, 15) is 4.79 Å². The Bertz CT molecular complexity index is 1040. The van der Waals surface area contributed by atoms with Crippen molar-refractivity contribution in [3.63, 3.8) is 0 Å². The van der Waals surface area contributed by atoms with Crippen LogP contribution in [0.2, 0.25) is 0 Å². The molecule has 3 aromatic rings. The third kappa shape index (κ3) is 3.59. The third-order valence-electron chi connectivity index (χ3n) is 4.89. The van der Waals surface area contributed by atoms with Crippen molar-refractivity contribution in [3.8, 4) is 0 Å². The molecule has 0 radical (unpaired) electrons. The zero-order valence-electron chi connectivity index (χ0n) is 15.1. The molecule has 1 amide bonds.